The number of carbonyl (C=O) groups is 7. The monoisotopic (exact) mass is 784 g/mol. The highest BCUT2D eigenvalue weighted by atomic mass is 32.2. The fourth-order valence-electron chi connectivity index (χ4n) is 5.39. The first-order valence-corrected chi connectivity index (χ1v) is 19.2. The van der Waals surface area contributed by atoms with Crippen LogP contribution in [-0.4, -0.2) is 102 Å². The highest BCUT2D eigenvalue weighted by Gasteiger charge is 2.41. The Hall–Kier alpha value is -4.78. The number of benzene rings is 1. The number of unbranched alkanes of at least 4 members (excludes halogenated alkanes) is 1. The van der Waals surface area contributed by atoms with Crippen LogP contribution < -0.4 is 32.3 Å². The van der Waals surface area contributed by atoms with Crippen molar-refractivity contribution in [3.63, 3.8) is 0 Å². The fourth-order valence-corrected chi connectivity index (χ4v) is 6.04. The van der Waals surface area contributed by atoms with Crippen LogP contribution in [0, 0.1) is 16.7 Å². The number of amides is 5. The highest BCUT2D eigenvalue weighted by Crippen LogP contribution is 2.34. The van der Waals surface area contributed by atoms with E-state index in [1.54, 1.807) is 12.1 Å². The number of carboxylic acids is 2. The fraction of sp³-hybridized carbons (Fsp3) is 0.629. The molecule has 19 heteroatoms. The van der Waals surface area contributed by atoms with Crippen molar-refractivity contribution in [1.29, 1.82) is 0 Å². The molecule has 0 aliphatic rings. The average Bonchev–Trinajstić information content (AvgIpc) is 3.04. The molecule has 54 heavy (non-hydrogen) atoms. The Labute approximate surface area is 315 Å². The molecule has 0 aliphatic heterocycles. The number of aliphatic carboxylic acids is 2. The van der Waals surface area contributed by atoms with Gasteiger partial charge < -0.3 is 42.5 Å². The molecule has 3 unspecified atom stereocenters. The van der Waals surface area contributed by atoms with Crippen LogP contribution in [0.5, 0.6) is 0 Å². The van der Waals surface area contributed by atoms with Crippen molar-refractivity contribution < 1.29 is 56.7 Å². The van der Waals surface area contributed by atoms with Gasteiger partial charge in [0, 0.05) is 36.2 Å². The van der Waals surface area contributed by atoms with Crippen LogP contribution in [0.3, 0.4) is 0 Å². The van der Waals surface area contributed by atoms with E-state index in [4.69, 9.17) is 5.73 Å². The second-order valence-corrected chi connectivity index (χ2v) is 16.4. The van der Waals surface area contributed by atoms with Crippen molar-refractivity contribution in [2.24, 2.45) is 22.5 Å². The van der Waals surface area contributed by atoms with Gasteiger partial charge in [-0.2, -0.15) is 8.42 Å². The van der Waals surface area contributed by atoms with Crippen LogP contribution in [0.25, 0.3) is 0 Å². The third kappa shape index (κ3) is 17.8. The Kier molecular flexibility index (Phi) is 18.5. The second kappa shape index (κ2) is 21.2. The minimum Gasteiger partial charge on any atom is -0.481 e. The van der Waals surface area contributed by atoms with Gasteiger partial charge in [0.05, 0.1) is 5.41 Å². The van der Waals surface area contributed by atoms with Crippen molar-refractivity contribution in [2.75, 3.05) is 24.2 Å². The predicted molar refractivity (Wildman–Crippen MR) is 199 cm³/mol. The number of rotatable bonds is 25. The first kappa shape index (κ1) is 47.2. The van der Waals surface area contributed by atoms with Gasteiger partial charge in [-0.3, -0.25) is 33.3 Å². The summed E-state index contributed by atoms with van der Waals surface area (Å²) in [5.74, 6) is -7.75. The lowest BCUT2D eigenvalue weighted by atomic mass is 9.74. The molecule has 0 saturated carbocycles. The lowest BCUT2D eigenvalue weighted by Crippen LogP contribution is -2.56. The quantitative estimate of drug-likeness (QED) is 0.0499. The van der Waals surface area contributed by atoms with E-state index in [-0.39, 0.29) is 25.3 Å². The van der Waals surface area contributed by atoms with Crippen LogP contribution in [0.2, 0.25) is 0 Å². The van der Waals surface area contributed by atoms with Crippen LogP contribution in [0.4, 0.5) is 5.69 Å². The highest BCUT2D eigenvalue weighted by molar-refractivity contribution is 7.85. The standard InChI is InChI=1S/C35H56N6O12S/c1-21(2)16-18-37-23-12-10-22(11-13-23)29(44)38-17-8-7-9-24(28(36)43)39-27(42)15-14-25(31(46)47)40-30(45)26(19-54(51,52)53)41-32(48)34(3,4)20-35(5,6)33(49)50/h10-13,21,24-26,37H,7-9,14-20H2,1-6H3,(H2,36,43)(H,38,44)(H,39,42)(H,40,45)(H,41,48)(H,46,47)(H,49,50)(H,51,52,53). The molecule has 304 valence electrons. The van der Waals surface area contributed by atoms with Crippen LogP contribution in [0.1, 0.15) is 96.8 Å². The Balaban J connectivity index is 2.72. The molecule has 0 fully saturated rings. The van der Waals surface area contributed by atoms with E-state index in [0.717, 1.165) is 18.7 Å². The molecule has 18 nitrogen and oxygen atoms in total. The number of nitrogens with two attached hydrogens (primary N) is 1. The number of nitrogens with one attached hydrogen (secondary N) is 5. The van der Waals surface area contributed by atoms with Gasteiger partial charge in [-0.15, -0.1) is 0 Å². The SMILES string of the molecule is CC(C)CCNc1ccc(C(=O)NCCCCC(NC(=O)CCC(NC(=O)C(CS(=O)(=O)O)NC(=O)C(C)(C)CC(C)(C)C(=O)O)C(=O)O)C(N)=O)cc1. The van der Waals surface area contributed by atoms with Gasteiger partial charge in [0.15, 0.2) is 0 Å². The molecule has 1 rings (SSSR count). The molecule has 0 aromatic heterocycles. The van der Waals surface area contributed by atoms with Gasteiger partial charge >= 0.3 is 11.9 Å². The molecule has 0 aliphatic carbocycles. The van der Waals surface area contributed by atoms with Crippen LogP contribution in [-0.2, 0) is 38.9 Å². The van der Waals surface area contributed by atoms with E-state index >= 15 is 0 Å². The smallest absolute Gasteiger partial charge is 0.326 e. The lowest BCUT2D eigenvalue weighted by Gasteiger charge is -2.32. The third-order valence-corrected chi connectivity index (χ3v) is 9.19. The number of hydrogen-bond acceptors (Lipinski definition) is 10. The Morgan fingerprint density at radius 1 is 0.778 bits per heavy atom. The molecule has 10 N–H and O–H groups in total. The van der Waals surface area contributed by atoms with Gasteiger partial charge in [0.1, 0.15) is 23.9 Å². The van der Waals surface area contributed by atoms with E-state index in [9.17, 15) is 56.7 Å². The summed E-state index contributed by atoms with van der Waals surface area (Å²) in [5.41, 5.74) is 3.98. The van der Waals surface area contributed by atoms with E-state index < -0.39 is 93.2 Å². The van der Waals surface area contributed by atoms with Crippen LogP contribution in [0.15, 0.2) is 24.3 Å². The molecule has 0 heterocycles. The summed E-state index contributed by atoms with van der Waals surface area (Å²) < 4.78 is 32.7. The molecule has 0 saturated heterocycles. The predicted octanol–water partition coefficient (Wildman–Crippen LogP) is 1.26. The molecular formula is C35H56N6O12S. The lowest BCUT2D eigenvalue weighted by molar-refractivity contribution is -0.150. The zero-order chi connectivity index (χ0) is 41.4. The van der Waals surface area contributed by atoms with Gasteiger partial charge in [-0.05, 0) is 82.6 Å². The number of carboxylic acid groups (broad SMARTS) is 2. The first-order chi connectivity index (χ1) is 24.8. The van der Waals surface area contributed by atoms with Gasteiger partial charge in [0.2, 0.25) is 23.6 Å². The summed E-state index contributed by atoms with van der Waals surface area (Å²) in [4.78, 5) is 86.7. The van der Waals surface area contributed by atoms with Gasteiger partial charge in [-0.1, -0.05) is 27.7 Å². The Morgan fingerprint density at radius 2 is 1.39 bits per heavy atom. The maximum Gasteiger partial charge on any atom is 0.326 e. The minimum atomic E-state index is -4.89. The molecule has 5 amide bonds. The molecule has 0 radical (unpaired) electrons. The van der Waals surface area contributed by atoms with Gasteiger partial charge in [0.25, 0.3) is 16.0 Å². The summed E-state index contributed by atoms with van der Waals surface area (Å²) >= 11 is 0. The summed E-state index contributed by atoms with van der Waals surface area (Å²) in [6.07, 6.45) is 0.683. The van der Waals surface area contributed by atoms with E-state index in [2.05, 4.69) is 35.1 Å². The first-order valence-electron chi connectivity index (χ1n) is 17.6. The number of hydrogen-bond donors (Lipinski definition) is 9. The second-order valence-electron chi connectivity index (χ2n) is 14.9. The van der Waals surface area contributed by atoms with Crippen molar-refractivity contribution >= 4 is 57.3 Å². The minimum absolute atomic E-state index is 0.115. The summed E-state index contributed by atoms with van der Waals surface area (Å²) in [6.45, 7) is 10.8. The van der Waals surface area contributed by atoms with E-state index in [1.165, 1.54) is 27.7 Å². The molecule has 3 atom stereocenters. The topological polar surface area (TPSA) is 300 Å². The Morgan fingerprint density at radius 3 is 1.91 bits per heavy atom. The van der Waals surface area contributed by atoms with Crippen molar-refractivity contribution in [2.45, 2.75) is 105 Å². The van der Waals surface area contributed by atoms with Crippen molar-refractivity contribution in [1.82, 2.24) is 21.3 Å². The number of anilines is 1. The molecular weight excluding hydrogens is 728 g/mol. The maximum absolute atomic E-state index is 13.0. The van der Waals surface area contributed by atoms with Crippen LogP contribution >= 0.6 is 0 Å². The third-order valence-electron chi connectivity index (χ3n) is 8.43. The van der Waals surface area contributed by atoms with Crippen molar-refractivity contribution in [3.8, 4) is 0 Å². The normalized spacial score (nSPS) is 13.6. The zero-order valence-corrected chi connectivity index (χ0v) is 32.5. The Bertz CT molecular complexity index is 1600. The molecule has 1 aromatic carbocycles. The molecule has 0 spiro atoms. The summed E-state index contributed by atoms with van der Waals surface area (Å²) in [6, 6.07) is 2.17. The zero-order valence-electron chi connectivity index (χ0n) is 31.7. The van der Waals surface area contributed by atoms with E-state index in [0.29, 0.717) is 24.3 Å². The van der Waals surface area contributed by atoms with E-state index in [1.807, 2.05) is 17.4 Å². The maximum atomic E-state index is 13.0. The summed E-state index contributed by atoms with van der Waals surface area (Å²) in [7, 11) is -4.89. The number of primary amides is 1. The molecule has 0 bridgehead atoms. The van der Waals surface area contributed by atoms with Gasteiger partial charge in [-0.25, -0.2) is 4.79 Å². The molecule has 1 aromatic rings. The average molecular weight is 785 g/mol. The number of carbonyl (C=O) groups excluding carboxylic acids is 5. The largest absolute Gasteiger partial charge is 0.481 e. The summed E-state index contributed by atoms with van der Waals surface area (Å²) in [5, 5.41) is 31.8. The van der Waals surface area contributed by atoms with Crippen molar-refractivity contribution in [3.05, 3.63) is 29.8 Å².